The first-order valence-electron chi connectivity index (χ1n) is 8.84. The second-order valence-electron chi connectivity index (χ2n) is 7.69. The lowest BCUT2D eigenvalue weighted by Crippen LogP contribution is -2.42. The molecular formula is C17H33N3O2. The van der Waals surface area contributed by atoms with Crippen molar-refractivity contribution in [1.29, 1.82) is 0 Å². The molecule has 3 atom stereocenters. The van der Waals surface area contributed by atoms with Crippen LogP contribution in [0.4, 0.5) is 4.79 Å². The number of likely N-dealkylation sites (N-methyl/N-ethyl adjacent to an activating group) is 1. The number of nitrogens with zero attached hydrogens (tertiary/aromatic N) is 1. The maximum Gasteiger partial charge on any atom is 0.407 e. The number of nitrogens with one attached hydrogen (secondary N) is 2. The second-order valence-corrected chi connectivity index (χ2v) is 7.69. The minimum absolute atomic E-state index is 0.248. The van der Waals surface area contributed by atoms with Gasteiger partial charge in [0, 0.05) is 24.7 Å². The first kappa shape index (κ1) is 17.5. The SMILES string of the molecule is CCN1CCCC1CNC1CCC(NC(=O)OC(C)(C)C)C1. The maximum atomic E-state index is 11.8. The van der Waals surface area contributed by atoms with Gasteiger partial charge in [0.05, 0.1) is 0 Å². The molecule has 5 nitrogen and oxygen atoms in total. The van der Waals surface area contributed by atoms with E-state index in [2.05, 4.69) is 22.5 Å². The van der Waals surface area contributed by atoms with Crippen LogP contribution in [0.15, 0.2) is 0 Å². The quantitative estimate of drug-likeness (QED) is 0.819. The van der Waals surface area contributed by atoms with Crippen LogP contribution in [-0.2, 0) is 4.74 Å². The number of likely N-dealkylation sites (tertiary alicyclic amines) is 1. The van der Waals surface area contributed by atoms with Gasteiger partial charge in [0.25, 0.3) is 0 Å². The van der Waals surface area contributed by atoms with Crippen molar-refractivity contribution >= 4 is 6.09 Å². The molecule has 0 aromatic rings. The largest absolute Gasteiger partial charge is 0.444 e. The molecule has 0 aromatic heterocycles. The topological polar surface area (TPSA) is 53.6 Å². The fourth-order valence-electron chi connectivity index (χ4n) is 3.62. The molecule has 1 saturated carbocycles. The number of rotatable bonds is 5. The number of hydrogen-bond acceptors (Lipinski definition) is 4. The van der Waals surface area contributed by atoms with Gasteiger partial charge < -0.3 is 15.4 Å². The zero-order chi connectivity index (χ0) is 16.2. The van der Waals surface area contributed by atoms with E-state index in [9.17, 15) is 4.79 Å². The predicted octanol–water partition coefficient (Wildman–Crippen LogP) is 2.51. The van der Waals surface area contributed by atoms with Gasteiger partial charge in [0.1, 0.15) is 5.60 Å². The lowest BCUT2D eigenvalue weighted by Gasteiger charge is -2.25. The van der Waals surface area contributed by atoms with Crippen LogP contribution in [0, 0.1) is 0 Å². The van der Waals surface area contributed by atoms with E-state index in [4.69, 9.17) is 4.74 Å². The molecule has 5 heteroatoms. The Kier molecular flexibility index (Phi) is 6.09. The van der Waals surface area contributed by atoms with E-state index in [0.717, 1.165) is 32.4 Å². The third-order valence-corrected chi connectivity index (χ3v) is 4.70. The number of ether oxygens (including phenoxy) is 1. The molecule has 2 rings (SSSR count). The highest BCUT2D eigenvalue weighted by molar-refractivity contribution is 5.68. The summed E-state index contributed by atoms with van der Waals surface area (Å²) in [6.07, 6.45) is 5.54. The highest BCUT2D eigenvalue weighted by atomic mass is 16.6. The summed E-state index contributed by atoms with van der Waals surface area (Å²) in [5, 5.41) is 6.71. The Hall–Kier alpha value is -0.810. The smallest absolute Gasteiger partial charge is 0.407 e. The van der Waals surface area contributed by atoms with Crippen molar-refractivity contribution in [3.8, 4) is 0 Å². The Balaban J connectivity index is 1.66. The molecule has 2 aliphatic rings. The van der Waals surface area contributed by atoms with Gasteiger partial charge in [-0.2, -0.15) is 0 Å². The van der Waals surface area contributed by atoms with Gasteiger partial charge in [0.2, 0.25) is 0 Å². The molecule has 0 bridgehead atoms. The molecule has 3 unspecified atom stereocenters. The third-order valence-electron chi connectivity index (χ3n) is 4.70. The molecular weight excluding hydrogens is 278 g/mol. The van der Waals surface area contributed by atoms with Crippen LogP contribution in [0.1, 0.15) is 59.8 Å². The predicted molar refractivity (Wildman–Crippen MR) is 89.1 cm³/mol. The zero-order valence-corrected chi connectivity index (χ0v) is 14.7. The molecule has 1 amide bonds. The van der Waals surface area contributed by atoms with Gasteiger partial charge in [0.15, 0.2) is 0 Å². The van der Waals surface area contributed by atoms with Gasteiger partial charge >= 0.3 is 6.09 Å². The molecule has 128 valence electrons. The summed E-state index contributed by atoms with van der Waals surface area (Å²) in [7, 11) is 0. The average molecular weight is 311 g/mol. The normalized spacial score (nSPS) is 29.7. The van der Waals surface area contributed by atoms with Gasteiger partial charge in [-0.3, -0.25) is 4.90 Å². The average Bonchev–Trinajstić information content (AvgIpc) is 3.02. The van der Waals surface area contributed by atoms with Crippen molar-refractivity contribution in [2.45, 2.75) is 83.5 Å². The van der Waals surface area contributed by atoms with Crippen LogP contribution >= 0.6 is 0 Å². The fraction of sp³-hybridized carbons (Fsp3) is 0.941. The van der Waals surface area contributed by atoms with Crippen molar-refractivity contribution < 1.29 is 9.53 Å². The van der Waals surface area contributed by atoms with Crippen LogP contribution in [0.25, 0.3) is 0 Å². The second kappa shape index (κ2) is 7.64. The summed E-state index contributed by atoms with van der Waals surface area (Å²) in [5.41, 5.74) is -0.424. The molecule has 1 heterocycles. The number of alkyl carbamates (subject to hydrolysis) is 1. The van der Waals surface area contributed by atoms with Crippen LogP contribution in [0.3, 0.4) is 0 Å². The van der Waals surface area contributed by atoms with Gasteiger partial charge in [-0.05, 0) is 66.0 Å². The third kappa shape index (κ3) is 5.43. The summed E-state index contributed by atoms with van der Waals surface area (Å²) in [5.74, 6) is 0. The molecule has 1 saturated heterocycles. The van der Waals surface area contributed by atoms with Crippen molar-refractivity contribution in [3.05, 3.63) is 0 Å². The maximum absolute atomic E-state index is 11.8. The monoisotopic (exact) mass is 311 g/mol. The van der Waals surface area contributed by atoms with Crippen LogP contribution in [0.2, 0.25) is 0 Å². The summed E-state index contributed by atoms with van der Waals surface area (Å²) in [6, 6.07) is 1.47. The standard InChI is InChI=1S/C17H33N3O2/c1-5-20-10-6-7-15(20)12-18-13-8-9-14(11-13)19-16(21)22-17(2,3)4/h13-15,18H,5-12H2,1-4H3,(H,19,21). The molecule has 0 spiro atoms. The Morgan fingerprint density at radius 2 is 1.95 bits per heavy atom. The van der Waals surface area contributed by atoms with Gasteiger partial charge in [-0.25, -0.2) is 4.79 Å². The molecule has 1 aliphatic heterocycles. The first-order chi connectivity index (χ1) is 10.4. The Bertz CT molecular complexity index is 367. The highest BCUT2D eigenvalue weighted by Crippen LogP contribution is 2.21. The van der Waals surface area contributed by atoms with E-state index in [1.54, 1.807) is 0 Å². The van der Waals surface area contributed by atoms with Crippen molar-refractivity contribution in [3.63, 3.8) is 0 Å². The minimum Gasteiger partial charge on any atom is -0.444 e. The van der Waals surface area contributed by atoms with E-state index >= 15 is 0 Å². The van der Waals surface area contributed by atoms with E-state index < -0.39 is 5.60 Å². The van der Waals surface area contributed by atoms with Crippen molar-refractivity contribution in [2.24, 2.45) is 0 Å². The zero-order valence-electron chi connectivity index (χ0n) is 14.7. The van der Waals surface area contributed by atoms with Crippen LogP contribution in [0.5, 0.6) is 0 Å². The van der Waals surface area contributed by atoms with E-state index in [1.165, 1.54) is 19.4 Å². The molecule has 2 N–H and O–H groups in total. The Labute approximate surface area is 135 Å². The number of carbonyl (C=O) groups excluding carboxylic acids is 1. The Morgan fingerprint density at radius 3 is 2.64 bits per heavy atom. The molecule has 0 aromatic carbocycles. The summed E-state index contributed by atoms with van der Waals surface area (Å²) >= 11 is 0. The van der Waals surface area contributed by atoms with Crippen molar-refractivity contribution in [1.82, 2.24) is 15.5 Å². The fourth-order valence-corrected chi connectivity index (χ4v) is 3.62. The number of amides is 1. The van der Waals surface area contributed by atoms with E-state index in [1.807, 2.05) is 20.8 Å². The number of hydrogen-bond donors (Lipinski definition) is 2. The molecule has 2 fully saturated rings. The highest BCUT2D eigenvalue weighted by Gasteiger charge is 2.29. The minimum atomic E-state index is -0.424. The van der Waals surface area contributed by atoms with E-state index in [0.29, 0.717) is 12.1 Å². The lowest BCUT2D eigenvalue weighted by atomic mass is 10.2. The molecule has 1 aliphatic carbocycles. The lowest BCUT2D eigenvalue weighted by molar-refractivity contribution is 0.0505. The van der Waals surface area contributed by atoms with Gasteiger partial charge in [-0.1, -0.05) is 6.92 Å². The molecule has 0 radical (unpaired) electrons. The first-order valence-corrected chi connectivity index (χ1v) is 8.84. The molecule has 22 heavy (non-hydrogen) atoms. The van der Waals surface area contributed by atoms with Gasteiger partial charge in [-0.15, -0.1) is 0 Å². The van der Waals surface area contributed by atoms with E-state index in [-0.39, 0.29) is 12.1 Å². The Morgan fingerprint density at radius 1 is 1.23 bits per heavy atom. The van der Waals surface area contributed by atoms with Crippen LogP contribution < -0.4 is 10.6 Å². The summed E-state index contributed by atoms with van der Waals surface area (Å²) in [4.78, 5) is 14.4. The van der Waals surface area contributed by atoms with Crippen molar-refractivity contribution in [2.75, 3.05) is 19.6 Å². The summed E-state index contributed by atoms with van der Waals surface area (Å²) in [6.45, 7) is 11.4. The summed E-state index contributed by atoms with van der Waals surface area (Å²) < 4.78 is 5.33. The van der Waals surface area contributed by atoms with Crippen LogP contribution in [-0.4, -0.2) is 54.4 Å². The number of carbonyl (C=O) groups is 1.